The molecule has 1 fully saturated rings. The van der Waals surface area contributed by atoms with Crippen molar-refractivity contribution in [2.75, 3.05) is 24.4 Å². The maximum atomic E-state index is 13.9. The van der Waals surface area contributed by atoms with Gasteiger partial charge in [-0.05, 0) is 61.2 Å². The number of aliphatic hydroxyl groups is 1. The molecule has 2 heterocycles. The van der Waals surface area contributed by atoms with Crippen molar-refractivity contribution in [2.24, 2.45) is 17.0 Å². The second-order valence-electron chi connectivity index (χ2n) is 10.8. The van der Waals surface area contributed by atoms with Gasteiger partial charge in [0.05, 0.1) is 35.2 Å². The molecule has 2 amide bonds. The van der Waals surface area contributed by atoms with E-state index in [0.29, 0.717) is 36.2 Å². The Hall–Kier alpha value is -4.99. The van der Waals surface area contributed by atoms with Gasteiger partial charge in [-0.2, -0.15) is 13.2 Å². The van der Waals surface area contributed by atoms with Crippen LogP contribution in [0.25, 0.3) is 0 Å². The SMILES string of the molecule is COc1ccc(C2=NO[C@@H]3CC(CO)C[C@H]23)cc1C(=O)Nc1cc2c(cc1C(=O)Nc1ccc(F)c(C(F)(F)F)c1)OC(F)(F)O2. The highest BCUT2D eigenvalue weighted by molar-refractivity contribution is 6.14. The third-order valence-corrected chi connectivity index (χ3v) is 7.80. The van der Waals surface area contributed by atoms with Gasteiger partial charge in [-0.1, -0.05) is 5.16 Å². The van der Waals surface area contributed by atoms with E-state index >= 15 is 0 Å². The smallest absolute Gasteiger partial charge is 0.496 e. The van der Waals surface area contributed by atoms with Gasteiger partial charge in [0.25, 0.3) is 11.8 Å². The fourth-order valence-electron chi connectivity index (χ4n) is 5.65. The lowest BCUT2D eigenvalue weighted by molar-refractivity contribution is -0.286. The summed E-state index contributed by atoms with van der Waals surface area (Å²) < 4.78 is 95.4. The van der Waals surface area contributed by atoms with Gasteiger partial charge in [0, 0.05) is 29.8 Å². The molecular formula is C30H23F6N3O7. The molecule has 1 aliphatic carbocycles. The Balaban J connectivity index is 1.32. The standard InChI is InChI=1S/C30H23F6N3O7/c1-43-22-5-2-14(26-17-6-13(12-40)7-23(17)46-39-26)8-18(22)28(42)38-21-11-25-24(44-30(35,36)45-25)10-16(21)27(41)37-15-3-4-20(31)19(9-15)29(32,33)34/h2-5,8-11,13,17,23,40H,6-7,12H2,1H3,(H,37,41)(H,38,42)/t13?,17-,23+/m0/s1. The zero-order valence-electron chi connectivity index (χ0n) is 23.6. The molecule has 1 unspecified atom stereocenters. The summed E-state index contributed by atoms with van der Waals surface area (Å²) >= 11 is 0. The Morgan fingerprint density at radius 3 is 2.41 bits per heavy atom. The highest BCUT2D eigenvalue weighted by atomic mass is 19.4. The molecule has 3 aliphatic rings. The molecule has 6 rings (SSSR count). The number of hydrogen-bond acceptors (Lipinski definition) is 8. The summed E-state index contributed by atoms with van der Waals surface area (Å²) in [6.07, 6.45) is -8.18. The molecule has 46 heavy (non-hydrogen) atoms. The number of carbonyl (C=O) groups is 2. The Morgan fingerprint density at radius 1 is 1.00 bits per heavy atom. The number of amides is 2. The number of nitrogens with one attached hydrogen (secondary N) is 2. The lowest BCUT2D eigenvalue weighted by Crippen LogP contribution is -2.25. The molecule has 3 atom stereocenters. The molecule has 0 radical (unpaired) electrons. The fourth-order valence-corrected chi connectivity index (χ4v) is 5.65. The van der Waals surface area contributed by atoms with Crippen LogP contribution in [0.5, 0.6) is 17.2 Å². The van der Waals surface area contributed by atoms with Crippen LogP contribution in [-0.2, 0) is 11.0 Å². The van der Waals surface area contributed by atoms with Gasteiger partial charge in [-0.25, -0.2) is 4.39 Å². The van der Waals surface area contributed by atoms with Crippen molar-refractivity contribution in [3.63, 3.8) is 0 Å². The molecule has 2 aliphatic heterocycles. The fraction of sp³-hybridized carbons (Fsp3) is 0.300. The molecule has 0 aromatic heterocycles. The van der Waals surface area contributed by atoms with Crippen molar-refractivity contribution in [2.45, 2.75) is 31.4 Å². The number of anilines is 2. The summed E-state index contributed by atoms with van der Waals surface area (Å²) in [6, 6.07) is 8.04. The first kappa shape index (κ1) is 31.0. The number of aliphatic hydroxyl groups excluding tert-OH is 1. The van der Waals surface area contributed by atoms with E-state index < -0.39 is 58.4 Å². The first-order valence-electron chi connectivity index (χ1n) is 13.7. The van der Waals surface area contributed by atoms with Crippen molar-refractivity contribution >= 4 is 28.9 Å². The topological polar surface area (TPSA) is 128 Å². The second kappa shape index (κ2) is 11.4. The number of halogens is 6. The number of fused-ring (bicyclic) bond motifs is 2. The number of rotatable bonds is 7. The summed E-state index contributed by atoms with van der Waals surface area (Å²) in [4.78, 5) is 32.4. The zero-order chi connectivity index (χ0) is 33.0. The normalized spacial score (nSPS) is 20.9. The number of nitrogens with zero attached hydrogens (tertiary/aromatic N) is 1. The van der Waals surface area contributed by atoms with Crippen LogP contribution >= 0.6 is 0 Å². The number of methoxy groups -OCH3 is 1. The van der Waals surface area contributed by atoms with Crippen LogP contribution in [0.15, 0.2) is 53.7 Å². The molecule has 0 spiro atoms. The Kier molecular flexibility index (Phi) is 7.70. The van der Waals surface area contributed by atoms with Gasteiger partial charge < -0.3 is 34.8 Å². The molecule has 3 aromatic rings. The van der Waals surface area contributed by atoms with E-state index in [1.165, 1.54) is 19.2 Å². The third kappa shape index (κ3) is 5.87. The first-order chi connectivity index (χ1) is 21.8. The van der Waals surface area contributed by atoms with Crippen molar-refractivity contribution in [1.29, 1.82) is 0 Å². The van der Waals surface area contributed by atoms with Crippen LogP contribution in [0.4, 0.5) is 37.7 Å². The summed E-state index contributed by atoms with van der Waals surface area (Å²) in [5.41, 5.74) is -1.98. The first-order valence-corrected chi connectivity index (χ1v) is 13.7. The Bertz CT molecular complexity index is 1760. The molecule has 0 saturated heterocycles. The molecule has 1 saturated carbocycles. The maximum Gasteiger partial charge on any atom is 0.586 e. The van der Waals surface area contributed by atoms with Gasteiger partial charge in [0.2, 0.25) is 0 Å². The van der Waals surface area contributed by atoms with Crippen LogP contribution in [0.3, 0.4) is 0 Å². The largest absolute Gasteiger partial charge is 0.586 e. The number of carbonyl (C=O) groups excluding carboxylic acids is 2. The maximum absolute atomic E-state index is 13.9. The number of alkyl halides is 5. The quantitative estimate of drug-likeness (QED) is 0.276. The molecule has 3 aromatic carbocycles. The van der Waals surface area contributed by atoms with Crippen LogP contribution < -0.4 is 24.8 Å². The monoisotopic (exact) mass is 651 g/mol. The lowest BCUT2D eigenvalue weighted by Gasteiger charge is -2.16. The molecule has 16 heteroatoms. The van der Waals surface area contributed by atoms with Crippen LogP contribution in [0.1, 0.15) is 44.7 Å². The van der Waals surface area contributed by atoms with Gasteiger partial charge in [-0.15, -0.1) is 8.78 Å². The van der Waals surface area contributed by atoms with Crippen LogP contribution in [-0.4, -0.2) is 48.7 Å². The minimum atomic E-state index is -5.07. The number of benzene rings is 3. The van der Waals surface area contributed by atoms with E-state index in [2.05, 4.69) is 25.3 Å². The highest BCUT2D eigenvalue weighted by Crippen LogP contribution is 2.45. The summed E-state index contributed by atoms with van der Waals surface area (Å²) in [7, 11) is 1.31. The van der Waals surface area contributed by atoms with E-state index in [9.17, 15) is 41.0 Å². The molecule has 0 bridgehead atoms. The zero-order valence-corrected chi connectivity index (χ0v) is 23.6. The van der Waals surface area contributed by atoms with Gasteiger partial charge >= 0.3 is 12.5 Å². The van der Waals surface area contributed by atoms with E-state index in [-0.39, 0.29) is 41.5 Å². The average Bonchev–Trinajstić information content (AvgIpc) is 3.67. The van der Waals surface area contributed by atoms with Crippen LogP contribution in [0, 0.1) is 17.7 Å². The van der Waals surface area contributed by atoms with Crippen molar-refractivity contribution in [3.05, 3.63) is 76.6 Å². The predicted octanol–water partition coefficient (Wildman–Crippen LogP) is 5.80. The summed E-state index contributed by atoms with van der Waals surface area (Å²) in [6.45, 7) is -0.0120. The Labute approximate surface area is 255 Å². The highest BCUT2D eigenvalue weighted by Gasteiger charge is 2.45. The second-order valence-corrected chi connectivity index (χ2v) is 10.8. The van der Waals surface area contributed by atoms with E-state index in [4.69, 9.17) is 9.57 Å². The van der Waals surface area contributed by atoms with Gasteiger partial charge in [0.15, 0.2) is 11.5 Å². The summed E-state index contributed by atoms with van der Waals surface area (Å²) in [5, 5.41) is 18.3. The molecular weight excluding hydrogens is 628 g/mol. The number of ether oxygens (including phenoxy) is 3. The lowest BCUT2D eigenvalue weighted by atomic mass is 9.92. The van der Waals surface area contributed by atoms with E-state index in [1.54, 1.807) is 6.07 Å². The molecule has 10 nitrogen and oxygen atoms in total. The number of oxime groups is 1. The van der Waals surface area contributed by atoms with Gasteiger partial charge in [0.1, 0.15) is 17.7 Å². The minimum Gasteiger partial charge on any atom is -0.496 e. The van der Waals surface area contributed by atoms with Crippen molar-refractivity contribution in [3.8, 4) is 17.2 Å². The minimum absolute atomic E-state index is 0.0120. The van der Waals surface area contributed by atoms with Crippen molar-refractivity contribution in [1.82, 2.24) is 0 Å². The van der Waals surface area contributed by atoms with E-state index in [0.717, 1.165) is 18.2 Å². The molecule has 242 valence electrons. The average molecular weight is 652 g/mol. The van der Waals surface area contributed by atoms with Gasteiger partial charge in [-0.3, -0.25) is 9.59 Å². The summed E-state index contributed by atoms with van der Waals surface area (Å²) in [5.74, 6) is -4.73. The van der Waals surface area contributed by atoms with Crippen LogP contribution in [0.2, 0.25) is 0 Å². The third-order valence-electron chi connectivity index (χ3n) is 7.80. The number of hydrogen-bond donors (Lipinski definition) is 3. The predicted molar refractivity (Wildman–Crippen MR) is 148 cm³/mol. The van der Waals surface area contributed by atoms with Crippen molar-refractivity contribution < 1.29 is 60.1 Å². The Morgan fingerprint density at radius 2 is 1.72 bits per heavy atom. The molecule has 3 N–H and O–H groups in total. The van der Waals surface area contributed by atoms with E-state index in [1.807, 2.05) is 0 Å².